The first-order valence-corrected chi connectivity index (χ1v) is 8.47. The number of amides is 1. The quantitative estimate of drug-likeness (QED) is 0.546. The van der Waals surface area contributed by atoms with E-state index in [-0.39, 0.29) is 23.0 Å². The monoisotopic (exact) mass is 351 g/mol. The molecule has 0 radical (unpaired) electrons. The van der Waals surface area contributed by atoms with Crippen LogP contribution in [0, 0.1) is 20.8 Å². The molecule has 0 spiro atoms. The standard InChI is InChI=1S/C13H13N5O3S2/c1-5-7(3)23-12-9(5)11(20)15-13(16-12)22-4-8(19)14-10-6(2)17-21-18-10/h4H2,1-3H3,(H,14,18,19)(H,15,16,20). The molecule has 0 saturated heterocycles. The van der Waals surface area contributed by atoms with Gasteiger partial charge in [0, 0.05) is 4.88 Å². The Kier molecular flexibility index (Phi) is 4.18. The number of carbonyl (C=O) groups is 1. The average molecular weight is 351 g/mol. The average Bonchev–Trinajstić information content (AvgIpc) is 3.01. The Labute approximate surface area is 138 Å². The van der Waals surface area contributed by atoms with E-state index in [1.165, 1.54) is 11.3 Å². The van der Waals surface area contributed by atoms with Crippen molar-refractivity contribution in [2.24, 2.45) is 0 Å². The van der Waals surface area contributed by atoms with Crippen LogP contribution in [0.25, 0.3) is 10.2 Å². The molecule has 0 atom stereocenters. The number of hydrogen-bond donors (Lipinski definition) is 2. The minimum atomic E-state index is -0.282. The maximum atomic E-state index is 12.1. The van der Waals surface area contributed by atoms with Gasteiger partial charge in [-0.15, -0.1) is 11.3 Å². The van der Waals surface area contributed by atoms with Crippen molar-refractivity contribution in [2.75, 3.05) is 11.1 Å². The number of nitrogens with one attached hydrogen (secondary N) is 2. The van der Waals surface area contributed by atoms with Crippen LogP contribution in [-0.2, 0) is 4.79 Å². The van der Waals surface area contributed by atoms with E-state index in [9.17, 15) is 9.59 Å². The molecule has 3 heterocycles. The summed E-state index contributed by atoms with van der Waals surface area (Å²) in [6.07, 6.45) is 0. The molecule has 2 N–H and O–H groups in total. The van der Waals surface area contributed by atoms with Crippen LogP contribution in [-0.4, -0.2) is 31.9 Å². The van der Waals surface area contributed by atoms with Crippen molar-refractivity contribution < 1.29 is 9.42 Å². The SMILES string of the molecule is Cc1nonc1NC(=O)CSc1nc2sc(C)c(C)c2c(=O)[nH]1. The minimum absolute atomic E-state index is 0.0874. The topological polar surface area (TPSA) is 114 Å². The highest BCUT2D eigenvalue weighted by atomic mass is 32.2. The lowest BCUT2D eigenvalue weighted by molar-refractivity contribution is -0.113. The van der Waals surface area contributed by atoms with E-state index in [1.807, 2.05) is 13.8 Å². The van der Waals surface area contributed by atoms with Crippen LogP contribution in [0.3, 0.4) is 0 Å². The zero-order valence-corrected chi connectivity index (χ0v) is 14.2. The van der Waals surface area contributed by atoms with Gasteiger partial charge in [-0.3, -0.25) is 9.59 Å². The summed E-state index contributed by atoms with van der Waals surface area (Å²) in [7, 11) is 0. The summed E-state index contributed by atoms with van der Waals surface area (Å²) in [5.74, 6) is 0.0940. The molecule has 10 heteroatoms. The Morgan fingerprint density at radius 2 is 2.13 bits per heavy atom. The molecule has 8 nitrogen and oxygen atoms in total. The van der Waals surface area contributed by atoms with Gasteiger partial charge in [0.25, 0.3) is 5.56 Å². The number of aryl methyl sites for hydroxylation is 3. The highest BCUT2D eigenvalue weighted by molar-refractivity contribution is 7.99. The van der Waals surface area contributed by atoms with E-state index in [2.05, 4.69) is 30.2 Å². The Morgan fingerprint density at radius 3 is 2.83 bits per heavy atom. The van der Waals surface area contributed by atoms with Gasteiger partial charge in [-0.25, -0.2) is 9.61 Å². The maximum absolute atomic E-state index is 12.1. The van der Waals surface area contributed by atoms with Crippen molar-refractivity contribution in [2.45, 2.75) is 25.9 Å². The molecule has 0 saturated carbocycles. The van der Waals surface area contributed by atoms with Crippen LogP contribution < -0.4 is 10.9 Å². The van der Waals surface area contributed by atoms with Crippen molar-refractivity contribution >= 4 is 45.0 Å². The fraction of sp³-hybridized carbons (Fsp3) is 0.308. The highest BCUT2D eigenvalue weighted by Gasteiger charge is 2.14. The van der Waals surface area contributed by atoms with Crippen molar-refractivity contribution in [3.63, 3.8) is 0 Å². The smallest absolute Gasteiger partial charge is 0.260 e. The van der Waals surface area contributed by atoms with E-state index in [0.717, 1.165) is 22.2 Å². The molecule has 0 fully saturated rings. The number of aromatic nitrogens is 4. The van der Waals surface area contributed by atoms with Gasteiger partial charge in [-0.1, -0.05) is 16.9 Å². The molecule has 0 unspecified atom stereocenters. The summed E-state index contributed by atoms with van der Waals surface area (Å²) in [5.41, 5.74) is 1.26. The predicted octanol–water partition coefficient (Wildman–Crippen LogP) is 2.02. The Bertz CT molecular complexity index is 943. The molecule has 0 aliphatic carbocycles. The first kappa shape index (κ1) is 15.7. The molecule has 3 aromatic rings. The van der Waals surface area contributed by atoms with Gasteiger partial charge in [-0.2, -0.15) is 0 Å². The number of fused-ring (bicyclic) bond motifs is 1. The number of thiophene rings is 1. The largest absolute Gasteiger partial charge is 0.306 e. The summed E-state index contributed by atoms with van der Waals surface area (Å²) < 4.78 is 4.51. The molecule has 0 bridgehead atoms. The molecule has 0 aliphatic rings. The van der Waals surface area contributed by atoms with Crippen LogP contribution in [0.15, 0.2) is 14.6 Å². The van der Waals surface area contributed by atoms with Gasteiger partial charge in [0.2, 0.25) is 5.91 Å². The Hall–Kier alpha value is -2.20. The van der Waals surface area contributed by atoms with E-state index < -0.39 is 0 Å². The Balaban J connectivity index is 1.73. The zero-order valence-electron chi connectivity index (χ0n) is 12.6. The lowest BCUT2D eigenvalue weighted by Crippen LogP contribution is -2.16. The van der Waals surface area contributed by atoms with E-state index in [1.54, 1.807) is 6.92 Å². The van der Waals surface area contributed by atoms with Crippen LogP contribution in [0.4, 0.5) is 5.82 Å². The number of nitrogens with zero attached hydrogens (tertiary/aromatic N) is 3. The first-order chi connectivity index (χ1) is 11.0. The number of aromatic amines is 1. The maximum Gasteiger partial charge on any atom is 0.260 e. The molecule has 120 valence electrons. The van der Waals surface area contributed by atoms with E-state index in [0.29, 0.717) is 21.1 Å². The van der Waals surface area contributed by atoms with Crippen molar-refractivity contribution in [3.05, 3.63) is 26.5 Å². The first-order valence-electron chi connectivity index (χ1n) is 6.67. The molecule has 3 rings (SSSR count). The van der Waals surface area contributed by atoms with Gasteiger partial charge in [0.05, 0.1) is 11.1 Å². The summed E-state index contributed by atoms with van der Waals surface area (Å²) in [6, 6.07) is 0. The number of anilines is 1. The molecule has 3 aromatic heterocycles. The number of carbonyl (C=O) groups excluding carboxylic acids is 1. The van der Waals surface area contributed by atoms with Gasteiger partial charge in [0.15, 0.2) is 11.0 Å². The fourth-order valence-corrected chi connectivity index (χ4v) is 3.70. The molecule has 1 amide bonds. The molecule has 0 aromatic carbocycles. The van der Waals surface area contributed by atoms with Gasteiger partial charge >= 0.3 is 0 Å². The van der Waals surface area contributed by atoms with Crippen molar-refractivity contribution in [1.82, 2.24) is 20.3 Å². The molecular formula is C13H13N5O3S2. The number of H-pyrrole nitrogens is 1. The molecular weight excluding hydrogens is 338 g/mol. The third kappa shape index (κ3) is 3.13. The predicted molar refractivity (Wildman–Crippen MR) is 88.1 cm³/mol. The second kappa shape index (κ2) is 6.13. The highest BCUT2D eigenvalue weighted by Crippen LogP contribution is 2.27. The molecule has 23 heavy (non-hydrogen) atoms. The Morgan fingerprint density at radius 1 is 1.35 bits per heavy atom. The summed E-state index contributed by atoms with van der Waals surface area (Å²) >= 11 is 2.62. The van der Waals surface area contributed by atoms with Crippen LogP contribution in [0.2, 0.25) is 0 Å². The lowest BCUT2D eigenvalue weighted by atomic mass is 10.2. The van der Waals surface area contributed by atoms with Crippen molar-refractivity contribution in [3.8, 4) is 0 Å². The van der Waals surface area contributed by atoms with Gasteiger partial charge in [-0.05, 0) is 31.5 Å². The zero-order chi connectivity index (χ0) is 16.6. The summed E-state index contributed by atoms with van der Waals surface area (Å²) in [5, 5.41) is 10.8. The van der Waals surface area contributed by atoms with Crippen molar-refractivity contribution in [1.29, 1.82) is 0 Å². The number of hydrogen-bond acceptors (Lipinski definition) is 8. The van der Waals surface area contributed by atoms with Gasteiger partial charge < -0.3 is 10.3 Å². The molecule has 0 aliphatic heterocycles. The second-order valence-corrected chi connectivity index (χ2v) is 7.04. The number of rotatable bonds is 4. The van der Waals surface area contributed by atoms with E-state index in [4.69, 9.17) is 0 Å². The normalized spacial score (nSPS) is 11.1. The lowest BCUT2D eigenvalue weighted by Gasteiger charge is -2.02. The summed E-state index contributed by atoms with van der Waals surface area (Å²) in [4.78, 5) is 32.9. The number of thioether (sulfide) groups is 1. The fourth-order valence-electron chi connectivity index (χ4n) is 1.95. The minimum Gasteiger partial charge on any atom is -0.306 e. The second-order valence-electron chi connectivity index (χ2n) is 4.87. The van der Waals surface area contributed by atoms with Gasteiger partial charge in [0.1, 0.15) is 10.5 Å². The van der Waals surface area contributed by atoms with E-state index >= 15 is 0 Å². The van der Waals surface area contributed by atoms with Crippen LogP contribution >= 0.6 is 23.1 Å². The van der Waals surface area contributed by atoms with Crippen LogP contribution in [0.1, 0.15) is 16.1 Å². The third-order valence-electron chi connectivity index (χ3n) is 3.27. The van der Waals surface area contributed by atoms with Crippen LogP contribution in [0.5, 0.6) is 0 Å². The third-order valence-corrected chi connectivity index (χ3v) is 5.24. The summed E-state index contributed by atoms with van der Waals surface area (Å²) in [6.45, 7) is 5.53.